The molecule has 1 aromatic rings. The number of nitrogens with one attached hydrogen (secondary N) is 1. The number of halogens is 1. The van der Waals surface area contributed by atoms with Crippen LogP contribution in [0.3, 0.4) is 0 Å². The molecule has 1 amide bonds. The van der Waals surface area contributed by atoms with Gasteiger partial charge in [0.25, 0.3) is 0 Å². The summed E-state index contributed by atoms with van der Waals surface area (Å²) in [4.78, 5) is 15.6. The highest BCUT2D eigenvalue weighted by Crippen LogP contribution is 2.20. The second-order valence-corrected chi connectivity index (χ2v) is 6.60. The van der Waals surface area contributed by atoms with Crippen LogP contribution in [0.4, 0.5) is 0 Å². The second-order valence-electron chi connectivity index (χ2n) is 5.63. The highest BCUT2D eigenvalue weighted by Gasteiger charge is 2.21. The molecule has 2 unspecified atom stereocenters. The van der Waals surface area contributed by atoms with Gasteiger partial charge in [-0.1, -0.05) is 6.07 Å². The molecule has 3 N–H and O–H groups in total. The SMILES string of the molecule is CC(NC(=O)CN1CCCC(CCN)C1)c1cccs1.Cl. The van der Waals surface area contributed by atoms with Crippen molar-refractivity contribution in [3.05, 3.63) is 22.4 Å². The maximum Gasteiger partial charge on any atom is 0.234 e. The van der Waals surface area contributed by atoms with Gasteiger partial charge in [0.2, 0.25) is 5.91 Å². The van der Waals surface area contributed by atoms with E-state index in [2.05, 4.69) is 16.3 Å². The lowest BCUT2D eigenvalue weighted by molar-refractivity contribution is -0.123. The highest BCUT2D eigenvalue weighted by molar-refractivity contribution is 7.10. The third kappa shape index (κ3) is 5.94. The number of nitrogens with two attached hydrogens (primary N) is 1. The van der Waals surface area contributed by atoms with E-state index in [1.807, 2.05) is 18.4 Å². The van der Waals surface area contributed by atoms with E-state index in [9.17, 15) is 4.79 Å². The Kier molecular flexibility index (Phi) is 8.26. The molecule has 120 valence electrons. The van der Waals surface area contributed by atoms with Gasteiger partial charge in [-0.2, -0.15) is 0 Å². The van der Waals surface area contributed by atoms with Crippen LogP contribution in [0.1, 0.15) is 37.1 Å². The Balaban J connectivity index is 0.00000220. The van der Waals surface area contributed by atoms with E-state index in [0.717, 1.165) is 26.1 Å². The van der Waals surface area contributed by atoms with Crippen molar-refractivity contribution in [1.82, 2.24) is 10.2 Å². The minimum atomic E-state index is 0. The summed E-state index contributed by atoms with van der Waals surface area (Å²) in [6, 6.07) is 4.19. The van der Waals surface area contributed by atoms with Gasteiger partial charge in [-0.25, -0.2) is 0 Å². The molecule has 2 rings (SSSR count). The number of piperidine rings is 1. The Morgan fingerprint density at radius 1 is 1.62 bits per heavy atom. The fourth-order valence-electron chi connectivity index (χ4n) is 2.87. The van der Waals surface area contributed by atoms with Crippen molar-refractivity contribution in [3.8, 4) is 0 Å². The van der Waals surface area contributed by atoms with Crippen molar-refractivity contribution in [1.29, 1.82) is 0 Å². The van der Waals surface area contributed by atoms with Gasteiger partial charge in [0.1, 0.15) is 0 Å². The Hall–Kier alpha value is -0.620. The molecule has 1 aromatic heterocycles. The van der Waals surface area contributed by atoms with Crippen molar-refractivity contribution in [2.75, 3.05) is 26.2 Å². The van der Waals surface area contributed by atoms with Crippen LogP contribution in [0.25, 0.3) is 0 Å². The molecule has 2 atom stereocenters. The van der Waals surface area contributed by atoms with E-state index in [1.54, 1.807) is 11.3 Å². The van der Waals surface area contributed by atoms with Gasteiger partial charge in [-0.3, -0.25) is 9.69 Å². The van der Waals surface area contributed by atoms with E-state index in [-0.39, 0.29) is 24.4 Å². The molecule has 4 nitrogen and oxygen atoms in total. The maximum atomic E-state index is 12.1. The number of hydrogen-bond donors (Lipinski definition) is 2. The third-order valence-electron chi connectivity index (χ3n) is 3.89. The van der Waals surface area contributed by atoms with Crippen molar-refractivity contribution in [2.24, 2.45) is 11.7 Å². The number of amides is 1. The fourth-order valence-corrected chi connectivity index (χ4v) is 3.60. The topological polar surface area (TPSA) is 58.4 Å². The van der Waals surface area contributed by atoms with Gasteiger partial charge in [0.05, 0.1) is 12.6 Å². The lowest BCUT2D eigenvalue weighted by atomic mass is 9.95. The molecule has 6 heteroatoms. The van der Waals surface area contributed by atoms with Crippen molar-refractivity contribution < 1.29 is 4.79 Å². The lowest BCUT2D eigenvalue weighted by Crippen LogP contribution is -2.43. The molecular weight excluding hydrogens is 306 g/mol. The lowest BCUT2D eigenvalue weighted by Gasteiger charge is -2.32. The number of thiophene rings is 1. The van der Waals surface area contributed by atoms with E-state index >= 15 is 0 Å². The van der Waals surface area contributed by atoms with Crippen molar-refractivity contribution >= 4 is 29.7 Å². The molecule has 2 heterocycles. The summed E-state index contributed by atoms with van der Waals surface area (Å²) >= 11 is 1.68. The van der Waals surface area contributed by atoms with E-state index in [0.29, 0.717) is 12.5 Å². The molecule has 1 aliphatic rings. The molecule has 1 saturated heterocycles. The number of likely N-dealkylation sites (tertiary alicyclic amines) is 1. The Bertz CT molecular complexity index is 411. The summed E-state index contributed by atoms with van der Waals surface area (Å²) in [7, 11) is 0. The first-order valence-corrected chi connectivity index (χ1v) is 8.32. The smallest absolute Gasteiger partial charge is 0.234 e. The van der Waals surface area contributed by atoms with Crippen LogP contribution >= 0.6 is 23.7 Å². The molecule has 21 heavy (non-hydrogen) atoms. The zero-order valence-corrected chi connectivity index (χ0v) is 14.2. The van der Waals surface area contributed by atoms with Gasteiger partial charge < -0.3 is 11.1 Å². The van der Waals surface area contributed by atoms with Gasteiger partial charge >= 0.3 is 0 Å². The van der Waals surface area contributed by atoms with Crippen molar-refractivity contribution in [2.45, 2.75) is 32.2 Å². The molecular formula is C15H26ClN3OS. The van der Waals surface area contributed by atoms with Gasteiger partial charge in [-0.15, -0.1) is 23.7 Å². The molecule has 0 bridgehead atoms. The van der Waals surface area contributed by atoms with E-state index in [4.69, 9.17) is 5.73 Å². The van der Waals surface area contributed by atoms with Crippen LogP contribution in [0.2, 0.25) is 0 Å². The third-order valence-corrected chi connectivity index (χ3v) is 4.95. The molecule has 1 fully saturated rings. The molecule has 0 spiro atoms. The predicted molar refractivity (Wildman–Crippen MR) is 91.0 cm³/mol. The first kappa shape index (κ1) is 18.4. The van der Waals surface area contributed by atoms with Crippen LogP contribution < -0.4 is 11.1 Å². The number of rotatable bonds is 6. The number of hydrogen-bond acceptors (Lipinski definition) is 4. The first-order chi connectivity index (χ1) is 9.69. The number of nitrogens with zero attached hydrogens (tertiary/aromatic N) is 1. The quantitative estimate of drug-likeness (QED) is 0.841. The summed E-state index contributed by atoms with van der Waals surface area (Å²) < 4.78 is 0. The summed E-state index contributed by atoms with van der Waals surface area (Å²) in [6.45, 7) is 5.34. The van der Waals surface area contributed by atoms with Crippen molar-refractivity contribution in [3.63, 3.8) is 0 Å². The largest absolute Gasteiger partial charge is 0.348 e. The average molecular weight is 332 g/mol. The zero-order valence-electron chi connectivity index (χ0n) is 12.6. The Morgan fingerprint density at radius 3 is 3.10 bits per heavy atom. The van der Waals surface area contributed by atoms with Crippen LogP contribution in [-0.4, -0.2) is 37.0 Å². The molecule has 0 aromatic carbocycles. The van der Waals surface area contributed by atoms with E-state index in [1.165, 1.54) is 17.7 Å². The first-order valence-electron chi connectivity index (χ1n) is 7.44. The van der Waals surface area contributed by atoms with Crippen LogP contribution in [0.15, 0.2) is 17.5 Å². The Labute approximate surface area is 137 Å². The normalized spacial score (nSPS) is 20.6. The molecule has 0 saturated carbocycles. The molecule has 1 aliphatic heterocycles. The standard InChI is InChI=1S/C15H25N3OS.ClH/c1-12(14-5-3-9-20-14)17-15(19)11-18-8-2-4-13(10-18)6-7-16;/h3,5,9,12-13H,2,4,6-8,10-11,16H2,1H3,(H,17,19);1H. The molecule has 0 radical (unpaired) electrons. The molecule has 0 aliphatic carbocycles. The average Bonchev–Trinajstić information content (AvgIpc) is 2.93. The Morgan fingerprint density at radius 2 is 2.43 bits per heavy atom. The fraction of sp³-hybridized carbons (Fsp3) is 0.667. The van der Waals surface area contributed by atoms with Crippen LogP contribution in [-0.2, 0) is 4.79 Å². The van der Waals surface area contributed by atoms with Crippen LogP contribution in [0, 0.1) is 5.92 Å². The summed E-state index contributed by atoms with van der Waals surface area (Å²) in [5, 5.41) is 5.12. The maximum absolute atomic E-state index is 12.1. The predicted octanol–water partition coefficient (Wildman–Crippen LogP) is 2.41. The van der Waals surface area contributed by atoms with E-state index < -0.39 is 0 Å². The number of carbonyl (C=O) groups is 1. The number of carbonyl (C=O) groups excluding carboxylic acids is 1. The summed E-state index contributed by atoms with van der Waals surface area (Å²) in [5.41, 5.74) is 5.63. The summed E-state index contributed by atoms with van der Waals surface area (Å²) in [5.74, 6) is 0.788. The van der Waals surface area contributed by atoms with Gasteiger partial charge in [0.15, 0.2) is 0 Å². The second kappa shape index (κ2) is 9.41. The minimum absolute atomic E-state index is 0. The van der Waals surface area contributed by atoms with Crippen LogP contribution in [0.5, 0.6) is 0 Å². The monoisotopic (exact) mass is 331 g/mol. The zero-order chi connectivity index (χ0) is 14.4. The summed E-state index contributed by atoms with van der Waals surface area (Å²) in [6.07, 6.45) is 3.50. The van der Waals surface area contributed by atoms with Gasteiger partial charge in [-0.05, 0) is 56.6 Å². The van der Waals surface area contributed by atoms with Gasteiger partial charge in [0, 0.05) is 11.4 Å². The highest BCUT2D eigenvalue weighted by atomic mass is 35.5. The minimum Gasteiger partial charge on any atom is -0.348 e.